The number of nitrogens with zero attached hydrogens (tertiary/aromatic N) is 1. The lowest BCUT2D eigenvalue weighted by Crippen LogP contribution is -2.51. The summed E-state index contributed by atoms with van der Waals surface area (Å²) < 4.78 is 0. The number of aliphatic carboxylic acids is 1. The Bertz CT molecular complexity index is 501. The maximum absolute atomic E-state index is 12.0. The average Bonchev–Trinajstić information content (AvgIpc) is 2.39. The third-order valence-electron chi connectivity index (χ3n) is 2.87. The highest BCUT2D eigenvalue weighted by molar-refractivity contribution is 6.00. The number of carboxylic acid groups (broad SMARTS) is 1. The molecule has 0 radical (unpaired) electrons. The molecule has 0 fully saturated rings. The van der Waals surface area contributed by atoms with Crippen molar-refractivity contribution in [3.8, 4) is 0 Å². The van der Waals surface area contributed by atoms with Crippen LogP contribution in [0.1, 0.15) is 20.8 Å². The van der Waals surface area contributed by atoms with Crippen LogP contribution in [0.5, 0.6) is 0 Å². The molecule has 1 aromatic rings. The second-order valence-electron chi connectivity index (χ2n) is 4.47. The lowest BCUT2D eigenvalue weighted by atomic mass is 10.2. The third kappa shape index (κ3) is 3.81. The summed E-state index contributed by atoms with van der Waals surface area (Å²) in [5.41, 5.74) is 0.589. The topological polar surface area (TPSA) is 86.7 Å². The Morgan fingerprint density at radius 1 is 1.15 bits per heavy atom. The molecule has 0 aliphatic rings. The average molecular weight is 278 g/mol. The van der Waals surface area contributed by atoms with Gasteiger partial charge in [0, 0.05) is 12.6 Å². The molecule has 0 saturated carbocycles. The minimum Gasteiger partial charge on any atom is -0.480 e. The molecule has 6 heteroatoms. The zero-order valence-electron chi connectivity index (χ0n) is 11.7. The van der Waals surface area contributed by atoms with Crippen LogP contribution in [-0.2, 0) is 14.4 Å². The molecule has 0 aliphatic carbocycles. The van der Waals surface area contributed by atoms with E-state index < -0.39 is 24.0 Å². The number of anilines is 1. The predicted molar refractivity (Wildman–Crippen MR) is 74.3 cm³/mol. The van der Waals surface area contributed by atoms with Gasteiger partial charge in [0.05, 0.1) is 0 Å². The van der Waals surface area contributed by atoms with Gasteiger partial charge in [-0.25, -0.2) is 0 Å². The number of nitrogens with one attached hydrogen (secondary N) is 1. The van der Waals surface area contributed by atoms with Crippen molar-refractivity contribution < 1.29 is 19.5 Å². The minimum absolute atomic E-state index is 0.290. The molecule has 1 aromatic carbocycles. The molecule has 0 aromatic heterocycles. The molecule has 0 aliphatic heterocycles. The van der Waals surface area contributed by atoms with Crippen LogP contribution in [0.2, 0.25) is 0 Å². The van der Waals surface area contributed by atoms with E-state index in [-0.39, 0.29) is 5.91 Å². The van der Waals surface area contributed by atoms with Gasteiger partial charge in [-0.3, -0.25) is 14.4 Å². The van der Waals surface area contributed by atoms with Gasteiger partial charge in [-0.05, 0) is 26.0 Å². The highest BCUT2D eigenvalue weighted by atomic mass is 16.4. The highest BCUT2D eigenvalue weighted by Crippen LogP contribution is 2.16. The number of para-hydroxylation sites is 1. The lowest BCUT2D eigenvalue weighted by Gasteiger charge is -2.28. The van der Waals surface area contributed by atoms with E-state index in [0.29, 0.717) is 5.69 Å². The van der Waals surface area contributed by atoms with E-state index in [4.69, 9.17) is 5.11 Å². The Kier molecular flexibility index (Phi) is 5.25. The molecule has 0 spiro atoms. The summed E-state index contributed by atoms with van der Waals surface area (Å²) >= 11 is 0. The number of hydrogen-bond donors (Lipinski definition) is 2. The Balaban J connectivity index is 2.90. The summed E-state index contributed by atoms with van der Waals surface area (Å²) in [6.45, 7) is 4.28. The van der Waals surface area contributed by atoms with Crippen molar-refractivity contribution in [1.82, 2.24) is 5.32 Å². The number of carboxylic acids is 1. The van der Waals surface area contributed by atoms with Crippen LogP contribution in [-0.4, -0.2) is 35.0 Å². The molecule has 20 heavy (non-hydrogen) atoms. The first kappa shape index (κ1) is 15.7. The van der Waals surface area contributed by atoms with Gasteiger partial charge in [0.25, 0.3) is 0 Å². The Labute approximate surface area is 117 Å². The fourth-order valence-corrected chi connectivity index (χ4v) is 1.78. The minimum atomic E-state index is -1.13. The molecular weight excluding hydrogens is 260 g/mol. The van der Waals surface area contributed by atoms with Gasteiger partial charge in [0.2, 0.25) is 11.8 Å². The van der Waals surface area contributed by atoms with Gasteiger partial charge in [-0.2, -0.15) is 0 Å². The number of carbonyl (C=O) groups is 3. The van der Waals surface area contributed by atoms with E-state index in [1.165, 1.54) is 18.7 Å². The van der Waals surface area contributed by atoms with Crippen molar-refractivity contribution in [3.63, 3.8) is 0 Å². The van der Waals surface area contributed by atoms with E-state index in [1.54, 1.807) is 37.3 Å². The van der Waals surface area contributed by atoms with Crippen LogP contribution < -0.4 is 10.2 Å². The molecule has 108 valence electrons. The summed E-state index contributed by atoms with van der Waals surface area (Å²) in [6.07, 6.45) is 0. The van der Waals surface area contributed by atoms with Gasteiger partial charge in [-0.15, -0.1) is 0 Å². The number of amides is 2. The van der Waals surface area contributed by atoms with Crippen molar-refractivity contribution >= 4 is 23.5 Å². The summed E-state index contributed by atoms with van der Waals surface area (Å²) in [6, 6.07) is 6.95. The fraction of sp³-hybridized carbons (Fsp3) is 0.357. The zero-order chi connectivity index (χ0) is 15.3. The van der Waals surface area contributed by atoms with Gasteiger partial charge in [0.1, 0.15) is 12.1 Å². The van der Waals surface area contributed by atoms with E-state index in [0.717, 1.165) is 0 Å². The van der Waals surface area contributed by atoms with Crippen molar-refractivity contribution in [3.05, 3.63) is 30.3 Å². The molecule has 2 atom stereocenters. The molecule has 0 bridgehead atoms. The molecule has 1 rings (SSSR count). The first-order valence-electron chi connectivity index (χ1n) is 6.22. The van der Waals surface area contributed by atoms with Gasteiger partial charge in [-0.1, -0.05) is 18.2 Å². The predicted octanol–water partition coefficient (Wildman–Crippen LogP) is 1.02. The van der Waals surface area contributed by atoms with Crippen molar-refractivity contribution in [2.24, 2.45) is 0 Å². The fourth-order valence-electron chi connectivity index (χ4n) is 1.78. The standard InChI is InChI=1S/C14H18N2O4/c1-9(14(19)20)15-13(18)10(2)16(11(3)17)12-7-5-4-6-8-12/h4-10H,1-3H3,(H,15,18)(H,19,20)/t9-,10-/m0/s1. The second kappa shape index (κ2) is 6.70. The van der Waals surface area contributed by atoms with Crippen LogP contribution in [0.15, 0.2) is 30.3 Å². The van der Waals surface area contributed by atoms with E-state index in [2.05, 4.69) is 5.32 Å². The van der Waals surface area contributed by atoms with Crippen molar-refractivity contribution in [1.29, 1.82) is 0 Å². The number of benzene rings is 1. The molecule has 0 saturated heterocycles. The Morgan fingerprint density at radius 2 is 1.70 bits per heavy atom. The maximum atomic E-state index is 12.0. The number of carbonyl (C=O) groups excluding carboxylic acids is 2. The highest BCUT2D eigenvalue weighted by Gasteiger charge is 2.27. The van der Waals surface area contributed by atoms with Crippen LogP contribution in [0, 0.1) is 0 Å². The summed E-state index contributed by atoms with van der Waals surface area (Å²) in [5.74, 6) is -1.93. The maximum Gasteiger partial charge on any atom is 0.325 e. The van der Waals surface area contributed by atoms with Crippen LogP contribution >= 0.6 is 0 Å². The Hall–Kier alpha value is -2.37. The molecule has 6 nitrogen and oxygen atoms in total. The summed E-state index contributed by atoms with van der Waals surface area (Å²) in [7, 11) is 0. The lowest BCUT2D eigenvalue weighted by molar-refractivity contribution is -0.141. The van der Waals surface area contributed by atoms with Crippen molar-refractivity contribution in [2.75, 3.05) is 4.90 Å². The molecule has 2 amide bonds. The van der Waals surface area contributed by atoms with E-state index in [1.807, 2.05) is 0 Å². The quantitative estimate of drug-likeness (QED) is 0.841. The van der Waals surface area contributed by atoms with Crippen molar-refractivity contribution in [2.45, 2.75) is 32.9 Å². The Morgan fingerprint density at radius 3 is 2.15 bits per heavy atom. The number of hydrogen-bond acceptors (Lipinski definition) is 3. The first-order valence-corrected chi connectivity index (χ1v) is 6.22. The summed E-state index contributed by atoms with van der Waals surface area (Å²) in [5, 5.41) is 11.1. The summed E-state index contributed by atoms with van der Waals surface area (Å²) in [4.78, 5) is 35.8. The molecule has 0 heterocycles. The largest absolute Gasteiger partial charge is 0.480 e. The third-order valence-corrected chi connectivity index (χ3v) is 2.87. The van der Waals surface area contributed by atoms with Crippen LogP contribution in [0.25, 0.3) is 0 Å². The molecular formula is C14H18N2O4. The monoisotopic (exact) mass is 278 g/mol. The zero-order valence-corrected chi connectivity index (χ0v) is 11.7. The van der Waals surface area contributed by atoms with Gasteiger partial charge in [0.15, 0.2) is 0 Å². The SMILES string of the molecule is CC(=O)N(c1ccccc1)[C@@H](C)C(=O)N[C@@H](C)C(=O)O. The normalized spacial score (nSPS) is 13.2. The van der Waals surface area contributed by atoms with E-state index >= 15 is 0 Å². The smallest absolute Gasteiger partial charge is 0.325 e. The molecule has 2 N–H and O–H groups in total. The first-order chi connectivity index (χ1) is 9.34. The van der Waals surface area contributed by atoms with Gasteiger partial charge < -0.3 is 15.3 Å². The molecule has 0 unspecified atom stereocenters. The van der Waals surface area contributed by atoms with E-state index in [9.17, 15) is 14.4 Å². The number of rotatable bonds is 5. The van der Waals surface area contributed by atoms with Crippen LogP contribution in [0.4, 0.5) is 5.69 Å². The second-order valence-corrected chi connectivity index (χ2v) is 4.47. The van der Waals surface area contributed by atoms with Gasteiger partial charge >= 0.3 is 5.97 Å². The van der Waals surface area contributed by atoms with Crippen LogP contribution in [0.3, 0.4) is 0 Å².